The van der Waals surface area contributed by atoms with Crippen LogP contribution in [0, 0.1) is 24.7 Å². The molecule has 3 aliphatic rings. The van der Waals surface area contributed by atoms with Gasteiger partial charge in [0, 0.05) is 24.2 Å². The van der Waals surface area contributed by atoms with Crippen molar-refractivity contribution in [1.82, 2.24) is 14.9 Å². The number of ether oxygens (including phenoxy) is 3. The zero-order valence-electron chi connectivity index (χ0n) is 34.6. The van der Waals surface area contributed by atoms with Gasteiger partial charge in [-0.2, -0.15) is 0 Å². The maximum Gasteiger partial charge on any atom is 0.358 e. The molecular formula is C47H53N5O6S. The molecule has 2 aromatic heterocycles. The summed E-state index contributed by atoms with van der Waals surface area (Å²) >= 11 is 1.45. The Balaban J connectivity index is 0.953. The molecule has 5 aromatic rings. The van der Waals surface area contributed by atoms with Crippen molar-refractivity contribution >= 4 is 50.3 Å². The first-order valence-corrected chi connectivity index (χ1v) is 21.6. The number of benzene rings is 3. The highest BCUT2D eigenvalue weighted by Crippen LogP contribution is 2.48. The summed E-state index contributed by atoms with van der Waals surface area (Å²) in [6.07, 6.45) is 4.12. The van der Waals surface area contributed by atoms with Gasteiger partial charge in [-0.15, -0.1) is 0 Å². The third-order valence-electron chi connectivity index (χ3n) is 11.7. The second-order valence-corrected chi connectivity index (χ2v) is 18.0. The van der Waals surface area contributed by atoms with Crippen LogP contribution < -0.4 is 15.0 Å². The molecule has 1 amide bonds. The molecule has 12 heteroatoms. The third kappa shape index (κ3) is 9.44. The van der Waals surface area contributed by atoms with Crippen LogP contribution in [-0.4, -0.2) is 77.7 Å². The van der Waals surface area contributed by atoms with Gasteiger partial charge >= 0.3 is 11.9 Å². The molecule has 308 valence electrons. The molecule has 1 saturated heterocycles. The third-order valence-corrected chi connectivity index (χ3v) is 12.6. The van der Waals surface area contributed by atoms with Crippen LogP contribution in [0.25, 0.3) is 21.3 Å². The highest BCUT2D eigenvalue weighted by Gasteiger charge is 2.44. The van der Waals surface area contributed by atoms with E-state index in [1.807, 2.05) is 101 Å². The van der Waals surface area contributed by atoms with Gasteiger partial charge in [-0.1, -0.05) is 41.7 Å². The first kappa shape index (κ1) is 40.4. The number of nitrogens with one attached hydrogen (secondary N) is 1. The average Bonchev–Trinajstić information content (AvgIpc) is 3.88. The van der Waals surface area contributed by atoms with E-state index in [2.05, 4.69) is 26.2 Å². The molecule has 2 fully saturated rings. The predicted molar refractivity (Wildman–Crippen MR) is 231 cm³/mol. The summed E-state index contributed by atoms with van der Waals surface area (Å²) in [5, 5.41) is 3.58. The van der Waals surface area contributed by atoms with Crippen LogP contribution in [0.1, 0.15) is 84.5 Å². The van der Waals surface area contributed by atoms with Gasteiger partial charge in [0.25, 0.3) is 5.91 Å². The van der Waals surface area contributed by atoms with Crippen molar-refractivity contribution in [2.45, 2.75) is 72.4 Å². The number of anilines is 2. The highest BCUT2D eigenvalue weighted by atomic mass is 32.1. The van der Waals surface area contributed by atoms with Crippen molar-refractivity contribution in [3.05, 3.63) is 101 Å². The molecular weight excluding hydrogens is 763 g/mol. The summed E-state index contributed by atoms with van der Waals surface area (Å²) < 4.78 is 18.4. The molecule has 1 N–H and O–H groups in total. The van der Waals surface area contributed by atoms with Crippen LogP contribution >= 0.6 is 11.3 Å². The number of rotatable bonds is 12. The van der Waals surface area contributed by atoms with Crippen molar-refractivity contribution < 1.29 is 28.6 Å². The lowest BCUT2D eigenvalue weighted by atomic mass is 9.91. The summed E-state index contributed by atoms with van der Waals surface area (Å²) in [5.74, 6) is 2.49. The smallest absolute Gasteiger partial charge is 0.358 e. The average molecular weight is 816 g/mol. The van der Waals surface area contributed by atoms with Gasteiger partial charge in [-0.25, -0.2) is 14.8 Å². The fraction of sp³-hybridized carbons (Fsp3) is 0.426. The van der Waals surface area contributed by atoms with Crippen molar-refractivity contribution in [3.63, 3.8) is 0 Å². The molecule has 2 aliphatic heterocycles. The summed E-state index contributed by atoms with van der Waals surface area (Å²) in [6.45, 7) is 13.9. The van der Waals surface area contributed by atoms with E-state index in [4.69, 9.17) is 19.2 Å². The summed E-state index contributed by atoms with van der Waals surface area (Å²) in [5.41, 5.74) is 5.58. The number of likely N-dealkylation sites (tertiary alicyclic amines) is 1. The summed E-state index contributed by atoms with van der Waals surface area (Å²) in [4.78, 5) is 53.4. The Kier molecular flexibility index (Phi) is 11.7. The number of aromatic nitrogens is 2. The summed E-state index contributed by atoms with van der Waals surface area (Å²) in [6, 6.07) is 23.6. The Morgan fingerprint density at radius 3 is 2.49 bits per heavy atom. The zero-order chi connectivity index (χ0) is 41.3. The predicted octanol–water partition coefficient (Wildman–Crippen LogP) is 8.73. The van der Waals surface area contributed by atoms with Crippen molar-refractivity contribution in [3.8, 4) is 16.9 Å². The van der Waals surface area contributed by atoms with Crippen LogP contribution in [-0.2, 0) is 27.2 Å². The fourth-order valence-electron chi connectivity index (χ4n) is 8.60. The number of para-hydroxylation sites is 1. The molecule has 11 nitrogen and oxygen atoms in total. The molecule has 8 rings (SSSR count). The lowest BCUT2D eigenvalue weighted by molar-refractivity contribution is -0.144. The van der Waals surface area contributed by atoms with Gasteiger partial charge in [-0.05, 0) is 156 Å². The van der Waals surface area contributed by atoms with Crippen molar-refractivity contribution in [2.24, 2.45) is 17.8 Å². The number of esters is 2. The van der Waals surface area contributed by atoms with E-state index in [9.17, 15) is 14.4 Å². The number of hydrogen-bond acceptors (Lipinski definition) is 11. The Morgan fingerprint density at radius 2 is 1.73 bits per heavy atom. The second-order valence-electron chi connectivity index (χ2n) is 17.0. The fourth-order valence-corrected chi connectivity index (χ4v) is 9.46. The standard InChI is InChI=1S/C47H53N5O6S/c1-6-56-42(53)27-51-21-18-31(19-22-51)37-25-32(37)28-57-33-14-15-34(29(2)24-33)35-16-17-41(49-43(35)45(55)58-47(3,4)5)52-23-20-30-10-9-11-36(38(30)26-52)44(54)50-46-48-39-12-7-8-13-40(39)59-46/h7-17,24,31-32,37H,6,18-23,25-28H2,1-5H3,(H,48,50,54)/t32-,37-/m1/s1. The van der Waals surface area contributed by atoms with Crippen LogP contribution in [0.2, 0.25) is 0 Å². The van der Waals surface area contributed by atoms with Crippen LogP contribution in [0.15, 0.2) is 72.8 Å². The number of hydrogen-bond donors (Lipinski definition) is 1. The second kappa shape index (κ2) is 17.1. The van der Waals surface area contributed by atoms with Crippen LogP contribution in [0.4, 0.5) is 10.9 Å². The van der Waals surface area contributed by atoms with Crippen molar-refractivity contribution in [1.29, 1.82) is 0 Å². The highest BCUT2D eigenvalue weighted by molar-refractivity contribution is 7.22. The SMILES string of the molecule is CCOC(=O)CN1CCC([C@H]2C[C@@H]2COc2ccc(-c3ccc(N4CCc5cccc(C(=O)Nc6nc7ccccc7s6)c5C4)nc3C(=O)OC(C)(C)C)c(C)c2)CC1. The number of carbonyl (C=O) groups excluding carboxylic acids is 3. The van der Waals surface area contributed by atoms with E-state index < -0.39 is 11.6 Å². The molecule has 2 atom stereocenters. The number of fused-ring (bicyclic) bond motifs is 2. The zero-order valence-corrected chi connectivity index (χ0v) is 35.4. The molecule has 0 bridgehead atoms. The number of nitrogens with zero attached hydrogens (tertiary/aromatic N) is 4. The summed E-state index contributed by atoms with van der Waals surface area (Å²) in [7, 11) is 0. The minimum atomic E-state index is -0.714. The van der Waals surface area contributed by atoms with E-state index >= 15 is 0 Å². The van der Waals surface area contributed by atoms with Gasteiger partial charge < -0.3 is 19.1 Å². The number of piperidine rings is 1. The quantitative estimate of drug-likeness (QED) is 0.122. The van der Waals surface area contributed by atoms with E-state index in [-0.39, 0.29) is 17.6 Å². The Morgan fingerprint density at radius 1 is 0.932 bits per heavy atom. The molecule has 59 heavy (non-hydrogen) atoms. The van der Waals surface area contributed by atoms with Gasteiger partial charge in [0.1, 0.15) is 17.2 Å². The lowest BCUT2D eigenvalue weighted by Gasteiger charge is -2.31. The Hall–Kier alpha value is -5.33. The minimum Gasteiger partial charge on any atom is -0.493 e. The van der Waals surface area contributed by atoms with E-state index in [1.165, 1.54) is 17.8 Å². The van der Waals surface area contributed by atoms with E-state index in [0.29, 0.717) is 72.7 Å². The van der Waals surface area contributed by atoms with E-state index in [0.717, 1.165) is 70.6 Å². The molecule has 0 spiro atoms. The Bertz CT molecular complexity index is 2330. The largest absolute Gasteiger partial charge is 0.493 e. The maximum atomic E-state index is 13.9. The molecule has 1 aliphatic carbocycles. The molecule has 0 unspecified atom stereocenters. The normalized spacial score (nSPS) is 18.3. The van der Waals surface area contributed by atoms with Crippen LogP contribution in [0.3, 0.4) is 0 Å². The molecule has 1 saturated carbocycles. The topological polar surface area (TPSA) is 123 Å². The van der Waals surface area contributed by atoms with Gasteiger partial charge in [0.05, 0.1) is 30.0 Å². The Labute approximate surface area is 350 Å². The molecule has 3 aromatic carbocycles. The number of carbonyl (C=O) groups is 3. The van der Waals surface area contributed by atoms with E-state index in [1.54, 1.807) is 0 Å². The van der Waals surface area contributed by atoms with Crippen molar-refractivity contribution in [2.75, 3.05) is 49.6 Å². The number of pyridine rings is 1. The number of thiazole rings is 1. The molecule has 0 radical (unpaired) electrons. The molecule has 4 heterocycles. The minimum absolute atomic E-state index is 0.136. The first-order valence-electron chi connectivity index (χ1n) is 20.8. The lowest BCUT2D eigenvalue weighted by Crippen LogP contribution is -2.38. The first-order chi connectivity index (χ1) is 28.4. The van der Waals surface area contributed by atoms with Crippen LogP contribution in [0.5, 0.6) is 5.75 Å². The van der Waals surface area contributed by atoms with Gasteiger partial charge in [-0.3, -0.25) is 19.8 Å². The maximum absolute atomic E-state index is 13.9. The van der Waals surface area contributed by atoms with Gasteiger partial charge in [0.15, 0.2) is 10.8 Å². The number of amides is 1. The number of aryl methyl sites for hydroxylation is 1. The van der Waals surface area contributed by atoms with Gasteiger partial charge in [0.2, 0.25) is 0 Å². The monoisotopic (exact) mass is 815 g/mol.